The van der Waals surface area contributed by atoms with Crippen LogP contribution in [0.15, 0.2) is 34.9 Å². The lowest BCUT2D eigenvalue weighted by Gasteiger charge is -2.12. The van der Waals surface area contributed by atoms with E-state index in [4.69, 9.17) is 4.42 Å². The Kier molecular flexibility index (Phi) is 3.54. The van der Waals surface area contributed by atoms with E-state index >= 15 is 0 Å². The Balaban J connectivity index is 1.73. The Morgan fingerprint density at radius 1 is 1.32 bits per heavy atom. The number of amides is 2. The number of aryl methyl sites for hydroxylation is 2. The van der Waals surface area contributed by atoms with Crippen LogP contribution in [0, 0.1) is 6.92 Å². The van der Waals surface area contributed by atoms with Crippen molar-refractivity contribution >= 4 is 22.6 Å². The van der Waals surface area contributed by atoms with Crippen LogP contribution in [-0.4, -0.2) is 20.8 Å². The Morgan fingerprint density at radius 3 is 2.86 bits per heavy atom. The first-order valence-corrected chi connectivity index (χ1v) is 6.96. The Morgan fingerprint density at radius 2 is 2.14 bits per heavy atom. The molecule has 1 aromatic carbocycles. The van der Waals surface area contributed by atoms with Crippen molar-refractivity contribution in [3.8, 4) is 0 Å². The van der Waals surface area contributed by atoms with Crippen LogP contribution in [0.4, 0.5) is 10.5 Å². The highest BCUT2D eigenvalue weighted by Gasteiger charge is 2.16. The number of rotatable bonds is 3. The van der Waals surface area contributed by atoms with Crippen molar-refractivity contribution in [1.29, 1.82) is 0 Å². The largest absolute Gasteiger partial charge is 0.423 e. The first kappa shape index (κ1) is 14.1. The van der Waals surface area contributed by atoms with Crippen LogP contribution in [0.3, 0.4) is 0 Å². The number of hydrogen-bond donors (Lipinski definition) is 2. The third-order valence-electron chi connectivity index (χ3n) is 3.44. The lowest BCUT2D eigenvalue weighted by Crippen LogP contribution is -2.31. The summed E-state index contributed by atoms with van der Waals surface area (Å²) >= 11 is 0. The van der Waals surface area contributed by atoms with Gasteiger partial charge in [-0.25, -0.2) is 4.79 Å². The fourth-order valence-electron chi connectivity index (χ4n) is 2.31. The number of carbonyl (C=O) groups excluding carboxylic acids is 1. The van der Waals surface area contributed by atoms with Gasteiger partial charge >= 0.3 is 6.03 Å². The summed E-state index contributed by atoms with van der Waals surface area (Å²) in [5.41, 5.74) is 1.81. The van der Waals surface area contributed by atoms with Crippen LogP contribution in [0.2, 0.25) is 0 Å². The molecule has 0 radical (unpaired) electrons. The summed E-state index contributed by atoms with van der Waals surface area (Å²) in [6.07, 6.45) is 1.96. The minimum absolute atomic E-state index is 0.320. The van der Waals surface area contributed by atoms with Gasteiger partial charge in [-0.15, -0.1) is 10.2 Å². The van der Waals surface area contributed by atoms with Crippen molar-refractivity contribution in [3.63, 3.8) is 0 Å². The van der Waals surface area contributed by atoms with Crippen molar-refractivity contribution in [2.45, 2.75) is 19.9 Å². The lowest BCUT2D eigenvalue weighted by molar-refractivity contribution is 0.247. The van der Waals surface area contributed by atoms with Gasteiger partial charge in [-0.2, -0.15) is 0 Å². The highest BCUT2D eigenvalue weighted by Crippen LogP contribution is 2.23. The summed E-state index contributed by atoms with van der Waals surface area (Å²) in [5, 5.41) is 14.3. The maximum absolute atomic E-state index is 12.1. The number of aromatic nitrogens is 3. The molecule has 0 aliphatic carbocycles. The highest BCUT2D eigenvalue weighted by atomic mass is 16.4. The number of carbonyl (C=O) groups is 1. The molecule has 2 amide bonds. The molecule has 3 aromatic rings. The van der Waals surface area contributed by atoms with Gasteiger partial charge in [-0.3, -0.25) is 0 Å². The zero-order chi connectivity index (χ0) is 15.7. The zero-order valence-corrected chi connectivity index (χ0v) is 12.6. The van der Waals surface area contributed by atoms with Crippen LogP contribution < -0.4 is 10.6 Å². The predicted octanol–water partition coefficient (Wildman–Crippen LogP) is 2.75. The molecule has 0 bridgehead atoms. The number of fused-ring (bicyclic) bond motifs is 1. The van der Waals surface area contributed by atoms with Crippen molar-refractivity contribution in [2.24, 2.45) is 7.05 Å². The molecule has 0 aliphatic rings. The van der Waals surface area contributed by atoms with E-state index in [9.17, 15) is 4.79 Å². The summed E-state index contributed by atoms with van der Waals surface area (Å²) in [6, 6.07) is 7.06. The third kappa shape index (κ3) is 2.65. The molecule has 0 aliphatic heterocycles. The quantitative estimate of drug-likeness (QED) is 0.778. The molecule has 2 N–H and O–H groups in total. The average Bonchev–Trinajstić information content (AvgIpc) is 3.07. The van der Waals surface area contributed by atoms with Gasteiger partial charge in [0.1, 0.15) is 6.04 Å². The Labute approximate surface area is 127 Å². The molecule has 0 fully saturated rings. The fourth-order valence-corrected chi connectivity index (χ4v) is 2.31. The number of hydrogen-bond acceptors (Lipinski definition) is 4. The second-order valence-corrected chi connectivity index (χ2v) is 5.14. The van der Waals surface area contributed by atoms with E-state index in [1.54, 1.807) is 13.8 Å². The summed E-state index contributed by atoms with van der Waals surface area (Å²) in [4.78, 5) is 12.1. The second-order valence-electron chi connectivity index (χ2n) is 5.14. The molecular weight excluding hydrogens is 282 g/mol. The average molecular weight is 299 g/mol. The molecule has 2 aromatic heterocycles. The Bertz CT molecular complexity index is 820. The summed E-state index contributed by atoms with van der Waals surface area (Å²) < 4.78 is 7.30. The van der Waals surface area contributed by atoms with Crippen LogP contribution in [0.5, 0.6) is 0 Å². The molecular formula is C15H17N5O2. The van der Waals surface area contributed by atoms with Crippen LogP contribution in [-0.2, 0) is 7.05 Å². The van der Waals surface area contributed by atoms with Gasteiger partial charge in [-0.05, 0) is 25.1 Å². The van der Waals surface area contributed by atoms with Gasteiger partial charge in [0.25, 0.3) is 0 Å². The summed E-state index contributed by atoms with van der Waals surface area (Å²) in [5.74, 6) is 0.851. The molecule has 114 valence electrons. The summed E-state index contributed by atoms with van der Waals surface area (Å²) in [6.45, 7) is 3.50. The van der Waals surface area contributed by atoms with E-state index in [0.29, 0.717) is 11.8 Å². The van der Waals surface area contributed by atoms with Crippen LogP contribution in [0.25, 0.3) is 10.9 Å². The molecule has 22 heavy (non-hydrogen) atoms. The minimum Gasteiger partial charge on any atom is -0.423 e. The van der Waals surface area contributed by atoms with Crippen molar-refractivity contribution < 1.29 is 9.21 Å². The van der Waals surface area contributed by atoms with E-state index in [-0.39, 0.29) is 12.1 Å². The maximum Gasteiger partial charge on any atom is 0.319 e. The Hall–Kier alpha value is -2.83. The smallest absolute Gasteiger partial charge is 0.319 e. The van der Waals surface area contributed by atoms with Gasteiger partial charge in [0.05, 0.1) is 5.69 Å². The molecule has 0 saturated heterocycles. The molecule has 7 heteroatoms. The molecule has 0 spiro atoms. The molecule has 2 heterocycles. The standard InChI is InChI=1S/C15H17N5O2/c1-9(14-19-18-10(2)22-14)16-15(21)17-12-5-4-6-13-11(12)7-8-20(13)3/h4-9H,1-3H3,(H2,16,17,21). The third-order valence-corrected chi connectivity index (χ3v) is 3.44. The fraction of sp³-hybridized carbons (Fsp3) is 0.267. The van der Waals surface area contributed by atoms with Crippen molar-refractivity contribution in [1.82, 2.24) is 20.1 Å². The monoisotopic (exact) mass is 299 g/mol. The first-order valence-electron chi connectivity index (χ1n) is 6.96. The number of nitrogens with one attached hydrogen (secondary N) is 2. The number of anilines is 1. The lowest BCUT2D eigenvalue weighted by atomic mass is 10.2. The number of nitrogens with zero attached hydrogens (tertiary/aromatic N) is 3. The maximum atomic E-state index is 12.1. The molecule has 1 atom stereocenters. The van der Waals surface area contributed by atoms with Gasteiger partial charge < -0.3 is 19.6 Å². The number of urea groups is 1. The molecule has 7 nitrogen and oxygen atoms in total. The predicted molar refractivity (Wildman–Crippen MR) is 82.5 cm³/mol. The SMILES string of the molecule is Cc1nnc(C(C)NC(=O)Nc2cccc3c2ccn3C)o1. The molecule has 0 saturated carbocycles. The van der Waals surface area contributed by atoms with Crippen molar-refractivity contribution in [2.75, 3.05) is 5.32 Å². The van der Waals surface area contributed by atoms with E-state index in [2.05, 4.69) is 20.8 Å². The molecule has 3 rings (SSSR count). The van der Waals surface area contributed by atoms with Gasteiger partial charge in [0.2, 0.25) is 11.8 Å². The first-order chi connectivity index (χ1) is 10.5. The number of benzene rings is 1. The van der Waals surface area contributed by atoms with Crippen LogP contribution >= 0.6 is 0 Å². The molecule has 1 unspecified atom stereocenters. The summed E-state index contributed by atoms with van der Waals surface area (Å²) in [7, 11) is 1.96. The van der Waals surface area contributed by atoms with E-state index in [0.717, 1.165) is 16.6 Å². The second kappa shape index (κ2) is 5.51. The van der Waals surface area contributed by atoms with Crippen molar-refractivity contribution in [3.05, 3.63) is 42.2 Å². The van der Waals surface area contributed by atoms with E-state index < -0.39 is 0 Å². The van der Waals surface area contributed by atoms with E-state index in [1.807, 2.05) is 42.1 Å². The van der Waals surface area contributed by atoms with Gasteiger partial charge in [0.15, 0.2) is 0 Å². The van der Waals surface area contributed by atoms with Gasteiger partial charge in [-0.1, -0.05) is 6.07 Å². The minimum atomic E-state index is -0.365. The zero-order valence-electron chi connectivity index (χ0n) is 12.6. The van der Waals surface area contributed by atoms with E-state index in [1.165, 1.54) is 0 Å². The van der Waals surface area contributed by atoms with Gasteiger partial charge in [0, 0.05) is 31.1 Å². The normalized spacial score (nSPS) is 12.3. The topological polar surface area (TPSA) is 85.0 Å². The highest BCUT2D eigenvalue weighted by molar-refractivity contribution is 6.00. The van der Waals surface area contributed by atoms with Crippen LogP contribution in [0.1, 0.15) is 24.7 Å².